The number of nitrogens with zero attached hydrogens (tertiary/aromatic N) is 3. The molecule has 1 atom stereocenters. The number of fused-ring (bicyclic) bond motifs is 1. The topological polar surface area (TPSA) is 78.2 Å². The number of rotatable bonds is 6. The first-order chi connectivity index (χ1) is 17.5. The van der Waals surface area contributed by atoms with E-state index in [0.717, 1.165) is 30.5 Å². The predicted octanol–water partition coefficient (Wildman–Crippen LogP) is 4.91. The van der Waals surface area contributed by atoms with Gasteiger partial charge >= 0.3 is 11.9 Å². The van der Waals surface area contributed by atoms with Gasteiger partial charge in [0.25, 0.3) is 5.91 Å². The quantitative estimate of drug-likeness (QED) is 0.452. The molecule has 2 heterocycles. The van der Waals surface area contributed by atoms with Gasteiger partial charge in [0.05, 0.1) is 21.8 Å². The molecule has 1 fully saturated rings. The number of nitrogens with one attached hydrogen (secondary N) is 1. The summed E-state index contributed by atoms with van der Waals surface area (Å²) in [7, 11) is 0. The number of alkyl halides is 3. The zero-order chi connectivity index (χ0) is 26.5. The first-order valence-electron chi connectivity index (χ1n) is 11.8. The predicted molar refractivity (Wildman–Crippen MR) is 127 cm³/mol. The van der Waals surface area contributed by atoms with Crippen LogP contribution in [0.25, 0.3) is 5.69 Å². The van der Waals surface area contributed by atoms with E-state index in [0.29, 0.717) is 37.2 Å². The molecule has 2 aliphatic rings. The fraction of sp³-hybridized carbons (Fsp3) is 0.400. The number of benzene rings is 2. The van der Waals surface area contributed by atoms with Gasteiger partial charge in [0, 0.05) is 19.0 Å². The van der Waals surface area contributed by atoms with Crippen LogP contribution in [-0.2, 0) is 18.5 Å². The van der Waals surface area contributed by atoms with E-state index in [9.17, 15) is 27.2 Å². The lowest BCUT2D eigenvalue weighted by atomic mass is 10.0. The van der Waals surface area contributed by atoms with E-state index in [4.69, 9.17) is 16.3 Å². The number of aryl methyl sites for hydroxylation is 1. The molecule has 5 rings (SSSR count). The number of carbonyl (C=O) groups is 1. The molecular formula is C25H23ClF4N4O3. The molecule has 2 aromatic carbocycles. The molecule has 196 valence electrons. The molecule has 3 aromatic rings. The number of amides is 1. The van der Waals surface area contributed by atoms with Gasteiger partial charge in [-0.15, -0.1) is 5.10 Å². The summed E-state index contributed by atoms with van der Waals surface area (Å²) in [6, 6.07) is 7.96. The van der Waals surface area contributed by atoms with Crippen LogP contribution in [0.2, 0.25) is 5.02 Å². The molecule has 0 unspecified atom stereocenters. The van der Waals surface area contributed by atoms with Crippen LogP contribution in [0.1, 0.15) is 54.4 Å². The highest BCUT2D eigenvalue weighted by Gasteiger charge is 2.46. The monoisotopic (exact) mass is 538 g/mol. The fourth-order valence-electron chi connectivity index (χ4n) is 4.46. The Morgan fingerprint density at radius 2 is 1.89 bits per heavy atom. The average Bonchev–Trinajstić information content (AvgIpc) is 3.55. The van der Waals surface area contributed by atoms with Crippen LogP contribution in [0.15, 0.2) is 41.2 Å². The normalized spacial score (nSPS) is 17.1. The van der Waals surface area contributed by atoms with E-state index >= 15 is 0 Å². The van der Waals surface area contributed by atoms with Crippen LogP contribution >= 0.6 is 11.6 Å². The van der Waals surface area contributed by atoms with Crippen LogP contribution in [0.3, 0.4) is 0 Å². The standard InChI is InChI=1S/C25H23ClF4N4O3/c1-14(25(28,29)30)37-20-13-19(34-23(36)33-11-3-2-4-21(33)32-34)18(26)12-17(20)22(35)31-24(9-10-24)15-5-7-16(27)8-6-15/h5-8,12-14H,2-4,9-11H2,1H3,(H,31,35)/t14-/m0/s1. The number of carbonyl (C=O) groups excluding carboxylic acids is 1. The minimum Gasteiger partial charge on any atom is -0.480 e. The second kappa shape index (κ2) is 9.20. The van der Waals surface area contributed by atoms with E-state index in [1.807, 2.05) is 0 Å². The number of hydrogen-bond acceptors (Lipinski definition) is 4. The van der Waals surface area contributed by atoms with Gasteiger partial charge in [0.1, 0.15) is 17.4 Å². The lowest BCUT2D eigenvalue weighted by Crippen LogP contribution is -2.36. The number of ether oxygens (including phenoxy) is 1. The largest absolute Gasteiger partial charge is 0.480 e. The summed E-state index contributed by atoms with van der Waals surface area (Å²) in [6.07, 6.45) is -3.56. The van der Waals surface area contributed by atoms with Crippen molar-refractivity contribution in [1.29, 1.82) is 0 Å². The summed E-state index contributed by atoms with van der Waals surface area (Å²) in [4.78, 5) is 26.3. The van der Waals surface area contributed by atoms with Crippen LogP contribution in [0, 0.1) is 5.82 Å². The SMILES string of the molecule is C[C@H](Oc1cc(-n2nc3n(c2=O)CCCC3)c(Cl)cc1C(=O)NC1(c2ccc(F)cc2)CC1)C(F)(F)F. The van der Waals surface area contributed by atoms with Crippen LogP contribution in [0.5, 0.6) is 5.75 Å². The third-order valence-electron chi connectivity index (χ3n) is 6.76. The first-order valence-corrected chi connectivity index (χ1v) is 12.2. The molecule has 0 radical (unpaired) electrons. The average molecular weight is 539 g/mol. The van der Waals surface area contributed by atoms with E-state index in [1.54, 1.807) is 12.1 Å². The van der Waals surface area contributed by atoms with Crippen molar-refractivity contribution < 1.29 is 27.1 Å². The Kier molecular flexibility index (Phi) is 6.29. The Bertz CT molecular complexity index is 1410. The van der Waals surface area contributed by atoms with Crippen molar-refractivity contribution in [3.63, 3.8) is 0 Å². The van der Waals surface area contributed by atoms with Gasteiger partial charge in [-0.3, -0.25) is 9.36 Å². The first kappa shape index (κ1) is 25.3. The van der Waals surface area contributed by atoms with Crippen molar-refractivity contribution in [3.05, 3.63) is 74.7 Å². The number of halogens is 5. The Balaban J connectivity index is 1.54. The van der Waals surface area contributed by atoms with Gasteiger partial charge in [-0.2, -0.15) is 17.9 Å². The minimum atomic E-state index is -4.70. The van der Waals surface area contributed by atoms with Gasteiger partial charge in [-0.1, -0.05) is 23.7 Å². The Hall–Kier alpha value is -3.34. The molecule has 12 heteroatoms. The lowest BCUT2D eigenvalue weighted by Gasteiger charge is -2.22. The van der Waals surface area contributed by atoms with Crippen molar-refractivity contribution in [2.24, 2.45) is 0 Å². The molecule has 0 spiro atoms. The smallest absolute Gasteiger partial charge is 0.425 e. The molecule has 1 amide bonds. The Morgan fingerprint density at radius 3 is 2.51 bits per heavy atom. The molecule has 0 bridgehead atoms. The number of hydrogen-bond donors (Lipinski definition) is 1. The van der Waals surface area contributed by atoms with E-state index < -0.39 is 41.0 Å². The van der Waals surface area contributed by atoms with E-state index in [-0.39, 0.29) is 16.3 Å². The Labute approximate surface area is 214 Å². The molecule has 1 N–H and O–H groups in total. The van der Waals surface area contributed by atoms with Crippen LogP contribution < -0.4 is 15.7 Å². The van der Waals surface area contributed by atoms with Gasteiger partial charge < -0.3 is 10.1 Å². The van der Waals surface area contributed by atoms with Crippen LogP contribution in [0.4, 0.5) is 17.6 Å². The molecule has 1 saturated carbocycles. The second-order valence-corrected chi connectivity index (χ2v) is 9.77. The summed E-state index contributed by atoms with van der Waals surface area (Å²) in [5.41, 5.74) is -0.796. The van der Waals surface area contributed by atoms with Gasteiger partial charge in [0.2, 0.25) is 0 Å². The van der Waals surface area contributed by atoms with Crippen molar-refractivity contribution in [3.8, 4) is 11.4 Å². The summed E-state index contributed by atoms with van der Waals surface area (Å²) in [5, 5.41) is 7.10. The lowest BCUT2D eigenvalue weighted by molar-refractivity contribution is -0.189. The van der Waals surface area contributed by atoms with Gasteiger partial charge in [-0.25, -0.2) is 9.18 Å². The third-order valence-corrected chi connectivity index (χ3v) is 7.06. The molecule has 7 nitrogen and oxygen atoms in total. The highest BCUT2D eigenvalue weighted by molar-refractivity contribution is 6.33. The van der Waals surface area contributed by atoms with Crippen LogP contribution in [-0.4, -0.2) is 32.5 Å². The number of aromatic nitrogens is 3. The van der Waals surface area contributed by atoms with Gasteiger partial charge in [-0.05, 0) is 56.4 Å². The Morgan fingerprint density at radius 1 is 1.19 bits per heavy atom. The maximum Gasteiger partial charge on any atom is 0.425 e. The van der Waals surface area contributed by atoms with Crippen molar-refractivity contribution in [2.45, 2.75) is 63.4 Å². The molecule has 1 aliphatic heterocycles. The summed E-state index contributed by atoms with van der Waals surface area (Å²) in [5.74, 6) is -0.984. The zero-order valence-electron chi connectivity index (χ0n) is 19.7. The zero-order valence-corrected chi connectivity index (χ0v) is 20.5. The maximum atomic E-state index is 13.4. The highest BCUT2D eigenvalue weighted by atomic mass is 35.5. The second-order valence-electron chi connectivity index (χ2n) is 9.36. The molecule has 37 heavy (non-hydrogen) atoms. The minimum absolute atomic E-state index is 0.00848. The molecule has 1 aromatic heterocycles. The summed E-state index contributed by atoms with van der Waals surface area (Å²) in [6.45, 7) is 1.30. The van der Waals surface area contributed by atoms with Crippen molar-refractivity contribution >= 4 is 17.5 Å². The van der Waals surface area contributed by atoms with Gasteiger partial charge in [0.15, 0.2) is 6.10 Å². The van der Waals surface area contributed by atoms with E-state index in [2.05, 4.69) is 10.4 Å². The molecular weight excluding hydrogens is 516 g/mol. The summed E-state index contributed by atoms with van der Waals surface area (Å²) >= 11 is 6.45. The fourth-order valence-corrected chi connectivity index (χ4v) is 4.70. The van der Waals surface area contributed by atoms with Crippen molar-refractivity contribution in [1.82, 2.24) is 19.7 Å². The third kappa shape index (κ3) is 4.84. The summed E-state index contributed by atoms with van der Waals surface area (Å²) < 4.78 is 61.2. The van der Waals surface area contributed by atoms with Crippen molar-refractivity contribution in [2.75, 3.05) is 0 Å². The molecule has 1 aliphatic carbocycles. The van der Waals surface area contributed by atoms with E-state index in [1.165, 1.54) is 22.8 Å². The highest BCUT2D eigenvalue weighted by Crippen LogP contribution is 2.46. The molecule has 0 saturated heterocycles. The maximum absolute atomic E-state index is 13.4.